The molecule has 2 atom stereocenters. The number of aromatic nitrogens is 4. The van der Waals surface area contributed by atoms with Crippen molar-refractivity contribution in [1.82, 2.24) is 19.9 Å². The van der Waals surface area contributed by atoms with E-state index in [4.69, 9.17) is 9.47 Å². The lowest BCUT2D eigenvalue weighted by atomic mass is 9.92. The van der Waals surface area contributed by atoms with Gasteiger partial charge in [-0.05, 0) is 75.6 Å². The molecule has 0 aliphatic rings. The van der Waals surface area contributed by atoms with Gasteiger partial charge in [-0.3, -0.25) is 9.59 Å². The van der Waals surface area contributed by atoms with Gasteiger partial charge in [0.1, 0.15) is 22.9 Å². The lowest BCUT2D eigenvalue weighted by molar-refractivity contribution is -0.156. The fourth-order valence-corrected chi connectivity index (χ4v) is 5.45. The first-order valence-electron chi connectivity index (χ1n) is 16.2. The SMILES string of the molecule is CC(C)[C@H](CC(=O)OC(C)(C)C)c1ncc(-c2ccc(-c3ccc(-c4cnc([C@@H](CC(=O)OC(C)(C)C)C(C)C)[nH]4)cc3)cc2)[nH]1. The van der Waals surface area contributed by atoms with E-state index in [0.29, 0.717) is 0 Å². The average molecular weight is 627 g/mol. The number of imidazole rings is 2. The van der Waals surface area contributed by atoms with Gasteiger partial charge in [0.05, 0.1) is 36.6 Å². The summed E-state index contributed by atoms with van der Waals surface area (Å²) in [7, 11) is 0. The standard InChI is InChI=1S/C38H50N4O4/c1-23(2)29(19-33(43)45-37(5,6)7)35-39-21-31(41-35)27-15-11-25(12-16-27)26-13-17-28(18-14-26)32-22-40-36(42-32)30(24(3)4)20-34(44)46-38(8,9)10/h11-18,21-24,29-30H,19-20H2,1-10H3,(H,39,41)(H,40,42)/t29-,30-/m0/s1. The molecule has 8 nitrogen and oxygen atoms in total. The molecule has 2 aromatic heterocycles. The molecule has 0 saturated heterocycles. The number of carbonyl (C=O) groups is 2. The Bertz CT molecular complexity index is 1480. The Balaban J connectivity index is 1.44. The van der Waals surface area contributed by atoms with Gasteiger partial charge >= 0.3 is 11.9 Å². The predicted molar refractivity (Wildman–Crippen MR) is 183 cm³/mol. The van der Waals surface area contributed by atoms with E-state index in [1.807, 2.05) is 53.9 Å². The van der Waals surface area contributed by atoms with Crippen LogP contribution in [0.5, 0.6) is 0 Å². The Morgan fingerprint density at radius 3 is 1.17 bits per heavy atom. The first-order valence-corrected chi connectivity index (χ1v) is 16.2. The lowest BCUT2D eigenvalue weighted by Gasteiger charge is -2.23. The van der Waals surface area contributed by atoms with Gasteiger partial charge in [0.25, 0.3) is 0 Å². The number of rotatable bonds is 11. The monoisotopic (exact) mass is 626 g/mol. The van der Waals surface area contributed by atoms with E-state index in [9.17, 15) is 9.59 Å². The first kappa shape index (κ1) is 34.7. The Hall–Kier alpha value is -4.20. The van der Waals surface area contributed by atoms with Crippen molar-refractivity contribution in [3.63, 3.8) is 0 Å². The van der Waals surface area contributed by atoms with Crippen LogP contribution in [0.15, 0.2) is 60.9 Å². The van der Waals surface area contributed by atoms with Gasteiger partial charge in [0.15, 0.2) is 0 Å². The minimum absolute atomic E-state index is 0.0615. The molecule has 0 unspecified atom stereocenters. The minimum atomic E-state index is -0.515. The Morgan fingerprint density at radius 2 is 0.891 bits per heavy atom. The molecule has 0 saturated carbocycles. The van der Waals surface area contributed by atoms with Crippen LogP contribution in [-0.4, -0.2) is 43.1 Å². The number of hydrogen-bond donors (Lipinski definition) is 2. The highest BCUT2D eigenvalue weighted by Gasteiger charge is 2.27. The van der Waals surface area contributed by atoms with Gasteiger partial charge in [0, 0.05) is 11.8 Å². The molecule has 4 aromatic rings. The Morgan fingerprint density at radius 1 is 0.587 bits per heavy atom. The average Bonchev–Trinajstić information content (AvgIpc) is 3.63. The number of nitrogens with zero attached hydrogens (tertiary/aromatic N) is 2. The van der Waals surface area contributed by atoms with E-state index >= 15 is 0 Å². The molecule has 246 valence electrons. The molecule has 2 heterocycles. The van der Waals surface area contributed by atoms with E-state index in [1.165, 1.54) is 0 Å². The smallest absolute Gasteiger partial charge is 0.307 e. The third kappa shape index (κ3) is 9.41. The van der Waals surface area contributed by atoms with Crippen LogP contribution in [0.2, 0.25) is 0 Å². The van der Waals surface area contributed by atoms with Crippen LogP contribution in [0.25, 0.3) is 33.6 Å². The summed E-state index contributed by atoms with van der Waals surface area (Å²) in [6.07, 6.45) is 4.22. The lowest BCUT2D eigenvalue weighted by Crippen LogP contribution is -2.26. The second kappa shape index (κ2) is 14.1. The summed E-state index contributed by atoms with van der Waals surface area (Å²) >= 11 is 0. The molecule has 0 amide bonds. The number of esters is 2. The van der Waals surface area contributed by atoms with Crippen molar-refractivity contribution in [2.24, 2.45) is 11.8 Å². The van der Waals surface area contributed by atoms with Gasteiger partial charge in [0.2, 0.25) is 0 Å². The number of H-pyrrole nitrogens is 2. The van der Waals surface area contributed by atoms with Crippen molar-refractivity contribution in [3.8, 4) is 33.6 Å². The maximum Gasteiger partial charge on any atom is 0.307 e. The normalized spacial score (nSPS) is 13.6. The number of aromatic amines is 2. The van der Waals surface area contributed by atoms with Crippen LogP contribution in [0.3, 0.4) is 0 Å². The highest BCUT2D eigenvalue weighted by atomic mass is 16.6. The molecule has 0 bridgehead atoms. The van der Waals surface area contributed by atoms with Crippen molar-refractivity contribution in [2.45, 2.75) is 105 Å². The third-order valence-electron chi connectivity index (χ3n) is 7.84. The van der Waals surface area contributed by atoms with Crippen molar-refractivity contribution < 1.29 is 19.1 Å². The molecule has 4 rings (SSSR count). The van der Waals surface area contributed by atoms with Crippen molar-refractivity contribution >= 4 is 11.9 Å². The summed E-state index contributed by atoms with van der Waals surface area (Å²) in [5.74, 6) is 1.47. The second-order valence-electron chi connectivity index (χ2n) is 14.8. The molecule has 8 heteroatoms. The van der Waals surface area contributed by atoms with Crippen LogP contribution in [-0.2, 0) is 19.1 Å². The van der Waals surface area contributed by atoms with Crippen LogP contribution in [0, 0.1) is 11.8 Å². The van der Waals surface area contributed by atoms with Gasteiger partial charge < -0.3 is 19.4 Å². The second-order valence-corrected chi connectivity index (χ2v) is 14.8. The quantitative estimate of drug-likeness (QED) is 0.161. The van der Waals surface area contributed by atoms with E-state index in [0.717, 1.165) is 45.3 Å². The number of carbonyl (C=O) groups excluding carboxylic acids is 2. The zero-order valence-corrected chi connectivity index (χ0v) is 29.0. The summed E-state index contributed by atoms with van der Waals surface area (Å²) in [5.41, 5.74) is 5.04. The van der Waals surface area contributed by atoms with Gasteiger partial charge in [-0.1, -0.05) is 76.2 Å². The first-order chi connectivity index (χ1) is 21.5. The third-order valence-corrected chi connectivity index (χ3v) is 7.84. The highest BCUT2D eigenvalue weighted by molar-refractivity contribution is 5.73. The summed E-state index contributed by atoms with van der Waals surface area (Å²) in [6, 6.07) is 16.7. The van der Waals surface area contributed by atoms with E-state index in [1.54, 1.807) is 0 Å². The molecular formula is C38H50N4O4. The van der Waals surface area contributed by atoms with Gasteiger partial charge in [-0.2, -0.15) is 0 Å². The molecule has 2 N–H and O–H groups in total. The summed E-state index contributed by atoms with van der Waals surface area (Å²) in [6.45, 7) is 19.7. The molecule has 0 radical (unpaired) electrons. The molecule has 2 aromatic carbocycles. The number of benzene rings is 2. The molecular weight excluding hydrogens is 576 g/mol. The van der Waals surface area contributed by atoms with Crippen molar-refractivity contribution in [2.75, 3.05) is 0 Å². The molecule has 0 fully saturated rings. The summed E-state index contributed by atoms with van der Waals surface area (Å²) < 4.78 is 11.1. The van der Waals surface area contributed by atoms with Crippen LogP contribution >= 0.6 is 0 Å². The van der Waals surface area contributed by atoms with Crippen LogP contribution in [0.4, 0.5) is 0 Å². The number of hydrogen-bond acceptors (Lipinski definition) is 6. The maximum absolute atomic E-state index is 12.5. The zero-order valence-electron chi connectivity index (χ0n) is 29.0. The van der Waals surface area contributed by atoms with E-state index < -0.39 is 11.2 Å². The topological polar surface area (TPSA) is 110 Å². The van der Waals surface area contributed by atoms with Crippen LogP contribution in [0.1, 0.15) is 106 Å². The minimum Gasteiger partial charge on any atom is -0.460 e. The van der Waals surface area contributed by atoms with Gasteiger partial charge in [-0.15, -0.1) is 0 Å². The summed E-state index contributed by atoms with van der Waals surface area (Å²) in [4.78, 5) is 41.2. The number of nitrogens with one attached hydrogen (secondary N) is 2. The Kier molecular flexibility index (Phi) is 10.6. The zero-order chi connectivity index (χ0) is 33.8. The maximum atomic E-state index is 12.5. The molecule has 0 spiro atoms. The van der Waals surface area contributed by atoms with Crippen LogP contribution < -0.4 is 0 Å². The Labute approximate surface area is 273 Å². The van der Waals surface area contributed by atoms with Crippen molar-refractivity contribution in [1.29, 1.82) is 0 Å². The largest absolute Gasteiger partial charge is 0.460 e. The fraction of sp³-hybridized carbons (Fsp3) is 0.474. The van der Waals surface area contributed by atoms with Crippen molar-refractivity contribution in [3.05, 3.63) is 72.6 Å². The summed E-state index contributed by atoms with van der Waals surface area (Å²) in [5, 5.41) is 0. The highest BCUT2D eigenvalue weighted by Crippen LogP contribution is 2.32. The number of ether oxygens (including phenoxy) is 2. The van der Waals surface area contributed by atoms with E-state index in [-0.39, 0.29) is 48.5 Å². The fourth-order valence-electron chi connectivity index (χ4n) is 5.45. The van der Waals surface area contributed by atoms with E-state index in [2.05, 4.69) is 96.2 Å². The molecule has 46 heavy (non-hydrogen) atoms. The molecule has 0 aliphatic heterocycles. The van der Waals surface area contributed by atoms with Gasteiger partial charge in [-0.25, -0.2) is 9.97 Å². The molecule has 0 aliphatic carbocycles. The predicted octanol–water partition coefficient (Wildman–Crippen LogP) is 9.08.